The molecule has 0 bridgehead atoms. The van der Waals surface area contributed by atoms with Gasteiger partial charge >= 0.3 is 0 Å². The zero-order valence-electron chi connectivity index (χ0n) is 20.8. The van der Waals surface area contributed by atoms with E-state index in [1.807, 2.05) is 30.9 Å². The SMILES string of the molecule is Cc1cc(Nc2nc(Cc3cc(C)c(C4CCN(C(=O)C5CCCC5)CC4)cc3F)ncc2Cl)n[nH]1. The Balaban J connectivity index is 1.26. The molecule has 190 valence electrons. The number of nitrogens with one attached hydrogen (secondary N) is 2. The number of anilines is 2. The van der Waals surface area contributed by atoms with Gasteiger partial charge in [-0.2, -0.15) is 5.10 Å². The highest BCUT2D eigenvalue weighted by molar-refractivity contribution is 6.32. The lowest BCUT2D eigenvalue weighted by atomic mass is 9.85. The molecule has 2 N–H and O–H groups in total. The summed E-state index contributed by atoms with van der Waals surface area (Å²) in [6, 6.07) is 5.42. The van der Waals surface area contributed by atoms with Gasteiger partial charge in [0.25, 0.3) is 0 Å². The molecule has 1 saturated heterocycles. The van der Waals surface area contributed by atoms with E-state index in [1.165, 1.54) is 19.0 Å². The number of aromatic nitrogens is 4. The van der Waals surface area contributed by atoms with Crippen molar-refractivity contribution in [1.82, 2.24) is 25.1 Å². The van der Waals surface area contributed by atoms with E-state index in [4.69, 9.17) is 11.6 Å². The van der Waals surface area contributed by atoms with E-state index < -0.39 is 0 Å². The topological polar surface area (TPSA) is 86.8 Å². The largest absolute Gasteiger partial charge is 0.342 e. The molecule has 1 amide bonds. The molecule has 1 saturated carbocycles. The maximum absolute atomic E-state index is 15.2. The fourth-order valence-electron chi connectivity index (χ4n) is 5.52. The lowest BCUT2D eigenvalue weighted by molar-refractivity contribution is -0.136. The molecule has 3 aromatic rings. The number of carbonyl (C=O) groups excluding carboxylic acids is 1. The maximum atomic E-state index is 15.2. The number of amides is 1. The van der Waals surface area contributed by atoms with Crippen molar-refractivity contribution in [3.8, 4) is 0 Å². The van der Waals surface area contributed by atoms with Gasteiger partial charge in [0.05, 0.1) is 6.20 Å². The van der Waals surface area contributed by atoms with E-state index >= 15 is 4.39 Å². The molecule has 0 unspecified atom stereocenters. The fraction of sp³-hybridized carbons (Fsp3) is 0.481. The molecule has 9 heteroatoms. The van der Waals surface area contributed by atoms with E-state index in [0.29, 0.717) is 34.0 Å². The Morgan fingerprint density at radius 3 is 2.61 bits per heavy atom. The number of piperidine rings is 1. The van der Waals surface area contributed by atoms with Crippen molar-refractivity contribution in [3.63, 3.8) is 0 Å². The summed E-state index contributed by atoms with van der Waals surface area (Å²) in [5.41, 5.74) is 3.56. The number of nitrogens with zero attached hydrogens (tertiary/aromatic N) is 4. The predicted octanol–water partition coefficient (Wildman–Crippen LogP) is 5.84. The molecule has 0 spiro atoms. The minimum Gasteiger partial charge on any atom is -0.342 e. The van der Waals surface area contributed by atoms with E-state index in [1.54, 1.807) is 6.07 Å². The Bertz CT molecular complexity index is 1250. The summed E-state index contributed by atoms with van der Waals surface area (Å²) in [6.45, 7) is 5.45. The van der Waals surface area contributed by atoms with Gasteiger partial charge < -0.3 is 10.2 Å². The van der Waals surface area contributed by atoms with Gasteiger partial charge in [-0.1, -0.05) is 30.5 Å². The second kappa shape index (κ2) is 10.5. The van der Waals surface area contributed by atoms with Crippen molar-refractivity contribution in [2.45, 2.75) is 64.7 Å². The first-order chi connectivity index (χ1) is 17.4. The molecule has 1 aliphatic carbocycles. The van der Waals surface area contributed by atoms with Crippen LogP contribution in [0.5, 0.6) is 0 Å². The van der Waals surface area contributed by atoms with Crippen LogP contribution < -0.4 is 5.32 Å². The van der Waals surface area contributed by atoms with Gasteiger partial charge in [-0.15, -0.1) is 0 Å². The second-order valence-corrected chi connectivity index (χ2v) is 10.5. The van der Waals surface area contributed by atoms with E-state index in [2.05, 4.69) is 25.5 Å². The molecule has 2 aliphatic rings. The third-order valence-electron chi connectivity index (χ3n) is 7.48. The Hall–Kier alpha value is -3.00. The molecule has 3 heterocycles. The fourth-order valence-corrected chi connectivity index (χ4v) is 5.66. The number of likely N-dealkylation sites (tertiary alicyclic amines) is 1. The minimum absolute atomic E-state index is 0.217. The van der Waals surface area contributed by atoms with Crippen LogP contribution in [0.15, 0.2) is 24.4 Å². The number of hydrogen-bond donors (Lipinski definition) is 2. The zero-order valence-corrected chi connectivity index (χ0v) is 21.5. The van der Waals surface area contributed by atoms with Crippen LogP contribution in [0.1, 0.15) is 72.7 Å². The van der Waals surface area contributed by atoms with Crippen molar-refractivity contribution < 1.29 is 9.18 Å². The van der Waals surface area contributed by atoms with Crippen LogP contribution in [0.4, 0.5) is 16.0 Å². The number of hydrogen-bond acceptors (Lipinski definition) is 5. The van der Waals surface area contributed by atoms with Crippen LogP contribution in [0.25, 0.3) is 0 Å². The van der Waals surface area contributed by atoms with Gasteiger partial charge in [0.1, 0.15) is 16.7 Å². The number of halogens is 2. The summed E-state index contributed by atoms with van der Waals surface area (Å²) in [5, 5.41) is 10.4. The molecule has 36 heavy (non-hydrogen) atoms. The molecule has 5 rings (SSSR count). The zero-order chi connectivity index (χ0) is 25.2. The van der Waals surface area contributed by atoms with Gasteiger partial charge in [-0.3, -0.25) is 9.89 Å². The van der Waals surface area contributed by atoms with Crippen molar-refractivity contribution >= 4 is 29.1 Å². The number of rotatable bonds is 6. The van der Waals surface area contributed by atoms with Crippen molar-refractivity contribution in [3.05, 3.63) is 63.4 Å². The van der Waals surface area contributed by atoms with Crippen molar-refractivity contribution in [2.75, 3.05) is 18.4 Å². The van der Waals surface area contributed by atoms with Crippen molar-refractivity contribution in [2.24, 2.45) is 5.92 Å². The van der Waals surface area contributed by atoms with Crippen LogP contribution in [-0.4, -0.2) is 44.1 Å². The van der Waals surface area contributed by atoms with Crippen LogP contribution in [0.2, 0.25) is 5.02 Å². The smallest absolute Gasteiger partial charge is 0.225 e. The number of benzene rings is 1. The summed E-state index contributed by atoms with van der Waals surface area (Å²) in [4.78, 5) is 23.6. The molecule has 2 aromatic heterocycles. The quantitative estimate of drug-likeness (QED) is 0.435. The average molecular weight is 511 g/mol. The Morgan fingerprint density at radius 1 is 1.17 bits per heavy atom. The van der Waals surface area contributed by atoms with Gasteiger partial charge in [-0.25, -0.2) is 14.4 Å². The van der Waals surface area contributed by atoms with Crippen molar-refractivity contribution in [1.29, 1.82) is 0 Å². The van der Waals surface area contributed by atoms with Gasteiger partial charge in [0.2, 0.25) is 5.91 Å². The van der Waals surface area contributed by atoms with Gasteiger partial charge in [-0.05, 0) is 68.2 Å². The summed E-state index contributed by atoms with van der Waals surface area (Å²) < 4.78 is 15.2. The third-order valence-corrected chi connectivity index (χ3v) is 7.76. The third kappa shape index (κ3) is 5.38. The molecular weight excluding hydrogens is 479 g/mol. The molecule has 0 radical (unpaired) electrons. The normalized spacial score (nSPS) is 17.1. The number of carbonyl (C=O) groups is 1. The molecule has 1 aliphatic heterocycles. The number of aryl methyl sites for hydroxylation is 2. The Kier molecular flexibility index (Phi) is 7.23. The first kappa shape index (κ1) is 24.7. The maximum Gasteiger partial charge on any atom is 0.225 e. The van der Waals surface area contributed by atoms with Crippen LogP contribution in [0.3, 0.4) is 0 Å². The standard InChI is InChI=1S/C27H32ClFN6O/c1-16-11-20(13-24-30-15-22(28)26(31-24)32-25-12-17(2)33-34-25)23(29)14-21(16)18-7-9-35(10-8-18)27(36)19-5-3-4-6-19/h11-12,14-15,18-19H,3-10,13H2,1-2H3,(H2,30,31,32,33,34). The van der Waals surface area contributed by atoms with Gasteiger partial charge in [0, 0.05) is 37.2 Å². The molecule has 7 nitrogen and oxygen atoms in total. The second-order valence-electron chi connectivity index (χ2n) is 10.1. The van der Waals surface area contributed by atoms with E-state index in [9.17, 15) is 4.79 Å². The summed E-state index contributed by atoms with van der Waals surface area (Å²) in [6.07, 6.45) is 7.92. The first-order valence-electron chi connectivity index (χ1n) is 12.8. The Labute approximate surface area is 215 Å². The average Bonchev–Trinajstić information content (AvgIpc) is 3.55. The van der Waals surface area contributed by atoms with Crippen LogP contribution in [0, 0.1) is 25.6 Å². The number of H-pyrrole nitrogens is 1. The molecule has 0 atom stereocenters. The van der Waals surface area contributed by atoms with Gasteiger partial charge in [0.15, 0.2) is 11.6 Å². The lowest BCUT2D eigenvalue weighted by Gasteiger charge is -2.34. The predicted molar refractivity (Wildman–Crippen MR) is 138 cm³/mol. The minimum atomic E-state index is -0.254. The first-order valence-corrected chi connectivity index (χ1v) is 13.1. The monoisotopic (exact) mass is 510 g/mol. The highest BCUT2D eigenvalue weighted by Gasteiger charge is 2.31. The van der Waals surface area contributed by atoms with E-state index in [0.717, 1.165) is 55.6 Å². The van der Waals surface area contributed by atoms with Crippen LogP contribution in [-0.2, 0) is 11.2 Å². The molecule has 1 aromatic carbocycles. The highest BCUT2D eigenvalue weighted by atomic mass is 35.5. The summed E-state index contributed by atoms with van der Waals surface area (Å²) >= 11 is 6.26. The van der Waals surface area contributed by atoms with E-state index in [-0.39, 0.29) is 24.1 Å². The molecular formula is C27H32ClFN6O. The highest BCUT2D eigenvalue weighted by Crippen LogP contribution is 2.34. The lowest BCUT2D eigenvalue weighted by Crippen LogP contribution is -2.40. The summed E-state index contributed by atoms with van der Waals surface area (Å²) in [7, 11) is 0. The number of aromatic amines is 1. The summed E-state index contributed by atoms with van der Waals surface area (Å²) in [5.74, 6) is 2.05. The Morgan fingerprint density at radius 2 is 1.92 bits per heavy atom. The molecule has 2 fully saturated rings. The van der Waals surface area contributed by atoms with Crippen LogP contribution >= 0.6 is 11.6 Å².